The molecule has 0 spiro atoms. The van der Waals surface area contributed by atoms with E-state index in [9.17, 15) is 14.7 Å². The second-order valence-corrected chi connectivity index (χ2v) is 4.36. The topological polar surface area (TPSA) is 82.1 Å². The Morgan fingerprint density at radius 3 is 3.00 bits per heavy atom. The number of aliphatic hydroxyl groups excluding tert-OH is 1. The first-order valence-electron chi connectivity index (χ1n) is 6.14. The summed E-state index contributed by atoms with van der Waals surface area (Å²) >= 11 is 0. The van der Waals surface area contributed by atoms with Gasteiger partial charge in [-0.05, 0) is 26.0 Å². The number of ether oxygens (including phenoxy) is 3. The predicted molar refractivity (Wildman–Crippen MR) is 64.1 cm³/mol. The molecule has 1 N–H and O–H groups in total. The van der Waals surface area contributed by atoms with E-state index >= 15 is 0 Å². The number of hydrogen-bond acceptors (Lipinski definition) is 6. The molecule has 19 heavy (non-hydrogen) atoms. The van der Waals surface area contributed by atoms with Gasteiger partial charge in [0.05, 0.1) is 12.2 Å². The minimum absolute atomic E-state index is 0.281. The van der Waals surface area contributed by atoms with E-state index in [-0.39, 0.29) is 6.61 Å². The lowest BCUT2D eigenvalue weighted by Gasteiger charge is -2.28. The van der Waals surface area contributed by atoms with Gasteiger partial charge in [-0.25, -0.2) is 9.59 Å². The predicted octanol–water partition coefficient (Wildman–Crippen LogP) is 0.106. The van der Waals surface area contributed by atoms with Crippen LogP contribution in [0.1, 0.15) is 13.8 Å². The van der Waals surface area contributed by atoms with Crippen molar-refractivity contribution in [1.82, 2.24) is 0 Å². The average Bonchev–Trinajstić information content (AvgIpc) is 2.62. The summed E-state index contributed by atoms with van der Waals surface area (Å²) in [7, 11) is 0. The number of rotatable bonds is 3. The van der Waals surface area contributed by atoms with Crippen molar-refractivity contribution in [2.45, 2.75) is 38.3 Å². The van der Waals surface area contributed by atoms with Crippen LogP contribution in [-0.4, -0.2) is 48.1 Å². The molecule has 0 radical (unpaired) electrons. The van der Waals surface area contributed by atoms with Gasteiger partial charge in [-0.1, -0.05) is 0 Å². The maximum absolute atomic E-state index is 11.4. The van der Waals surface area contributed by atoms with Gasteiger partial charge in [-0.3, -0.25) is 0 Å². The van der Waals surface area contributed by atoms with Crippen LogP contribution in [0.4, 0.5) is 0 Å². The second kappa shape index (κ2) is 5.54. The van der Waals surface area contributed by atoms with Gasteiger partial charge in [0.15, 0.2) is 0 Å². The smallest absolute Gasteiger partial charge is 0.336 e. The lowest BCUT2D eigenvalue weighted by atomic mass is 9.99. The monoisotopic (exact) mass is 268 g/mol. The van der Waals surface area contributed by atoms with Crippen molar-refractivity contribution in [3.63, 3.8) is 0 Å². The molecule has 1 fully saturated rings. The lowest BCUT2D eigenvalue weighted by molar-refractivity contribution is -0.139. The van der Waals surface area contributed by atoms with Crippen molar-refractivity contribution in [3.05, 3.63) is 23.8 Å². The first-order chi connectivity index (χ1) is 9.02. The van der Waals surface area contributed by atoms with Crippen LogP contribution in [0.3, 0.4) is 0 Å². The van der Waals surface area contributed by atoms with E-state index in [2.05, 4.69) is 0 Å². The molecule has 4 atom stereocenters. The van der Waals surface area contributed by atoms with E-state index in [4.69, 9.17) is 14.2 Å². The highest BCUT2D eigenvalue weighted by atomic mass is 16.6. The van der Waals surface area contributed by atoms with Crippen molar-refractivity contribution in [1.29, 1.82) is 0 Å². The van der Waals surface area contributed by atoms with Gasteiger partial charge in [-0.2, -0.15) is 0 Å². The van der Waals surface area contributed by atoms with Crippen LogP contribution in [0, 0.1) is 0 Å². The minimum Gasteiger partial charge on any atom is -0.463 e. The highest BCUT2D eigenvalue weighted by Gasteiger charge is 2.43. The first kappa shape index (κ1) is 13.8. The molecule has 104 valence electrons. The molecule has 2 rings (SSSR count). The Labute approximate surface area is 110 Å². The third kappa shape index (κ3) is 2.85. The molecule has 0 aromatic heterocycles. The number of hydrogen-bond donors (Lipinski definition) is 1. The molecular formula is C13H16O6. The van der Waals surface area contributed by atoms with E-state index in [1.54, 1.807) is 13.8 Å². The quantitative estimate of drug-likeness (QED) is 0.577. The molecule has 2 aliphatic heterocycles. The number of carbonyl (C=O) groups excluding carboxylic acids is 2. The molecule has 6 heteroatoms. The summed E-state index contributed by atoms with van der Waals surface area (Å²) in [6, 6.07) is 0. The Hall–Kier alpha value is -1.66. The minimum atomic E-state index is -0.991. The van der Waals surface area contributed by atoms with E-state index in [1.807, 2.05) is 0 Å². The van der Waals surface area contributed by atoms with Crippen LogP contribution >= 0.6 is 0 Å². The molecule has 0 aliphatic carbocycles. The summed E-state index contributed by atoms with van der Waals surface area (Å²) in [6.45, 7) is 3.70. The van der Waals surface area contributed by atoms with Gasteiger partial charge >= 0.3 is 11.9 Å². The zero-order valence-electron chi connectivity index (χ0n) is 10.7. The van der Waals surface area contributed by atoms with Crippen LogP contribution < -0.4 is 0 Å². The largest absolute Gasteiger partial charge is 0.463 e. The van der Waals surface area contributed by atoms with Gasteiger partial charge in [0, 0.05) is 6.08 Å². The van der Waals surface area contributed by atoms with Crippen LogP contribution in [-0.2, 0) is 23.8 Å². The molecule has 0 bridgehead atoms. The average molecular weight is 268 g/mol. The number of aliphatic hydroxyl groups is 1. The second-order valence-electron chi connectivity index (χ2n) is 4.36. The Morgan fingerprint density at radius 2 is 2.32 bits per heavy atom. The fraction of sp³-hybridized carbons (Fsp3) is 0.538. The molecule has 6 nitrogen and oxygen atoms in total. The van der Waals surface area contributed by atoms with Crippen molar-refractivity contribution >= 4 is 11.9 Å². The van der Waals surface area contributed by atoms with Crippen LogP contribution in [0.25, 0.3) is 0 Å². The summed E-state index contributed by atoms with van der Waals surface area (Å²) in [4.78, 5) is 22.6. The number of cyclic esters (lactones) is 1. The van der Waals surface area contributed by atoms with Crippen LogP contribution in [0.15, 0.2) is 23.8 Å². The van der Waals surface area contributed by atoms with Crippen molar-refractivity contribution in [3.8, 4) is 0 Å². The van der Waals surface area contributed by atoms with E-state index in [0.29, 0.717) is 5.57 Å². The van der Waals surface area contributed by atoms with Crippen molar-refractivity contribution in [2.24, 2.45) is 0 Å². The first-order valence-corrected chi connectivity index (χ1v) is 6.14. The molecule has 1 saturated heterocycles. The Kier molecular flexibility index (Phi) is 4.01. The van der Waals surface area contributed by atoms with Gasteiger partial charge in [0.2, 0.25) is 0 Å². The SMILES string of the molecule is CCOC(=O)C=CC1OC2C(=CC1O)C(=O)OC2C. The fourth-order valence-electron chi connectivity index (χ4n) is 2.07. The maximum atomic E-state index is 11.4. The van der Waals surface area contributed by atoms with Gasteiger partial charge < -0.3 is 19.3 Å². The lowest BCUT2D eigenvalue weighted by Crippen LogP contribution is -2.39. The van der Waals surface area contributed by atoms with Crippen molar-refractivity contribution in [2.75, 3.05) is 6.61 Å². The fourth-order valence-corrected chi connectivity index (χ4v) is 2.07. The summed E-state index contributed by atoms with van der Waals surface area (Å²) in [5.74, 6) is -0.968. The van der Waals surface area contributed by atoms with E-state index < -0.39 is 36.4 Å². The molecule has 4 unspecified atom stereocenters. The Bertz CT molecular complexity index is 438. The Balaban J connectivity index is 2.08. The molecule has 0 aromatic rings. The summed E-state index contributed by atoms with van der Waals surface area (Å²) in [6.07, 6.45) is 1.45. The number of carbonyl (C=O) groups is 2. The molecule has 0 saturated carbocycles. The molecule has 2 heterocycles. The molecule has 0 aromatic carbocycles. The van der Waals surface area contributed by atoms with Gasteiger partial charge in [0.25, 0.3) is 0 Å². The third-order valence-electron chi connectivity index (χ3n) is 2.96. The van der Waals surface area contributed by atoms with Crippen LogP contribution in [0.5, 0.6) is 0 Å². The van der Waals surface area contributed by atoms with Gasteiger partial charge in [-0.15, -0.1) is 0 Å². The Morgan fingerprint density at radius 1 is 1.58 bits per heavy atom. The third-order valence-corrected chi connectivity index (χ3v) is 2.96. The number of fused-ring (bicyclic) bond motifs is 1. The zero-order chi connectivity index (χ0) is 14.0. The standard InChI is InChI=1S/C13H16O6/c1-3-17-11(15)5-4-10-9(14)6-8-12(19-10)7(2)18-13(8)16/h4-7,9-10,12,14H,3H2,1-2H3. The summed E-state index contributed by atoms with van der Waals surface area (Å²) in [5.41, 5.74) is 0.334. The van der Waals surface area contributed by atoms with E-state index in [1.165, 1.54) is 18.2 Å². The summed E-state index contributed by atoms with van der Waals surface area (Å²) < 4.78 is 15.3. The zero-order valence-corrected chi connectivity index (χ0v) is 10.7. The highest BCUT2D eigenvalue weighted by molar-refractivity contribution is 5.92. The van der Waals surface area contributed by atoms with Crippen LogP contribution in [0.2, 0.25) is 0 Å². The van der Waals surface area contributed by atoms with Crippen molar-refractivity contribution < 1.29 is 28.9 Å². The summed E-state index contributed by atoms with van der Waals surface area (Å²) in [5, 5.41) is 9.85. The molecular weight excluding hydrogens is 252 g/mol. The molecule has 2 aliphatic rings. The highest BCUT2D eigenvalue weighted by Crippen LogP contribution is 2.30. The maximum Gasteiger partial charge on any atom is 0.336 e. The normalized spacial score (nSPS) is 33.8. The van der Waals surface area contributed by atoms with Gasteiger partial charge in [0.1, 0.15) is 24.4 Å². The molecule has 0 amide bonds. The van der Waals surface area contributed by atoms with E-state index in [0.717, 1.165) is 0 Å². The number of esters is 2.